The highest BCUT2D eigenvalue weighted by Crippen LogP contribution is 2.27. The number of rotatable bonds is 7. The number of benzene rings is 2. The molecule has 0 fully saturated rings. The maximum Gasteiger partial charge on any atom is 0.181 e. The van der Waals surface area contributed by atoms with Crippen molar-refractivity contribution in [2.45, 2.75) is 88.5 Å². The number of anilines is 2. The molecule has 2 N–H and O–H groups in total. The number of hydrogen-bond acceptors (Lipinski definition) is 4. The van der Waals surface area contributed by atoms with E-state index in [1.54, 1.807) is 0 Å². The zero-order valence-corrected chi connectivity index (χ0v) is 25.9. The Hall–Kier alpha value is -3.34. The number of fused-ring (bicyclic) bond motifs is 1. The van der Waals surface area contributed by atoms with Crippen LogP contribution < -0.4 is 10.6 Å². The van der Waals surface area contributed by atoms with Gasteiger partial charge in [0.15, 0.2) is 5.65 Å². The lowest BCUT2D eigenvalue weighted by atomic mass is 10.1. The predicted octanol–water partition coefficient (Wildman–Crippen LogP) is 9.59. The first-order chi connectivity index (χ1) is 18.6. The molecular formula is C33H53N5. The molecule has 4 aromatic rings. The molecule has 0 atom stereocenters. The Morgan fingerprint density at radius 2 is 1.47 bits per heavy atom. The van der Waals surface area contributed by atoms with Crippen LogP contribution in [0.4, 0.5) is 11.5 Å². The highest BCUT2D eigenvalue weighted by atomic mass is 15.3. The topological polar surface area (TPSA) is 54.2 Å². The van der Waals surface area contributed by atoms with Gasteiger partial charge in [0.05, 0.1) is 17.6 Å². The first kappa shape index (κ1) is 34.7. The van der Waals surface area contributed by atoms with Crippen molar-refractivity contribution in [1.29, 1.82) is 0 Å². The van der Waals surface area contributed by atoms with Crippen LogP contribution in [-0.4, -0.2) is 28.2 Å². The number of hydrogen-bond donors (Lipinski definition) is 2. The van der Waals surface area contributed by atoms with Crippen LogP contribution in [0.5, 0.6) is 0 Å². The summed E-state index contributed by atoms with van der Waals surface area (Å²) >= 11 is 0. The third-order valence-corrected chi connectivity index (χ3v) is 5.53. The van der Waals surface area contributed by atoms with Crippen LogP contribution in [0.15, 0.2) is 60.8 Å². The molecule has 0 spiro atoms. The molecule has 2 aromatic carbocycles. The normalized spacial score (nSPS) is 9.34. The van der Waals surface area contributed by atoms with Crippen LogP contribution in [0.3, 0.4) is 0 Å². The van der Waals surface area contributed by atoms with Gasteiger partial charge in [-0.3, -0.25) is 0 Å². The Labute approximate surface area is 233 Å². The van der Waals surface area contributed by atoms with E-state index in [4.69, 9.17) is 4.98 Å². The van der Waals surface area contributed by atoms with Crippen molar-refractivity contribution in [3.8, 4) is 11.3 Å². The second-order valence-corrected chi connectivity index (χ2v) is 8.00. The minimum absolute atomic E-state index is 0.840. The largest absolute Gasteiger partial charge is 0.384 e. The molecule has 0 aliphatic rings. The van der Waals surface area contributed by atoms with E-state index < -0.39 is 0 Å². The minimum Gasteiger partial charge on any atom is -0.384 e. The molecule has 0 radical (unpaired) electrons. The number of aromatic nitrogens is 3. The molecule has 210 valence electrons. The Morgan fingerprint density at radius 1 is 0.842 bits per heavy atom. The van der Waals surface area contributed by atoms with Gasteiger partial charge in [0.25, 0.3) is 0 Å². The van der Waals surface area contributed by atoms with E-state index in [0.717, 1.165) is 54.2 Å². The lowest BCUT2D eigenvalue weighted by Gasteiger charge is -2.12. The van der Waals surface area contributed by atoms with Gasteiger partial charge in [0, 0.05) is 25.2 Å². The summed E-state index contributed by atoms with van der Waals surface area (Å²) in [6.07, 6.45) is 5.24. The smallest absolute Gasteiger partial charge is 0.181 e. The van der Waals surface area contributed by atoms with Gasteiger partial charge in [-0.2, -0.15) is 9.61 Å². The van der Waals surface area contributed by atoms with E-state index >= 15 is 0 Å². The quantitative estimate of drug-likeness (QED) is 0.239. The van der Waals surface area contributed by atoms with E-state index in [1.807, 2.05) is 65.4 Å². The third-order valence-electron chi connectivity index (χ3n) is 5.53. The molecule has 0 saturated carbocycles. The highest BCUT2D eigenvalue weighted by Gasteiger charge is 2.12. The fraction of sp³-hybridized carbons (Fsp3) is 0.455. The van der Waals surface area contributed by atoms with Gasteiger partial charge in [-0.15, -0.1) is 0 Å². The molecule has 0 bridgehead atoms. The average Bonchev–Trinajstić information content (AvgIpc) is 3.41. The lowest BCUT2D eigenvalue weighted by molar-refractivity contribution is 0.820. The van der Waals surface area contributed by atoms with Crippen LogP contribution >= 0.6 is 0 Å². The van der Waals surface area contributed by atoms with E-state index in [1.165, 1.54) is 16.7 Å². The molecule has 38 heavy (non-hydrogen) atoms. The first-order valence-electron chi connectivity index (χ1n) is 14.5. The van der Waals surface area contributed by atoms with Crippen LogP contribution in [-0.2, 0) is 6.42 Å². The van der Waals surface area contributed by atoms with Crippen LogP contribution in [0.2, 0.25) is 0 Å². The van der Waals surface area contributed by atoms with Crippen LogP contribution in [0.1, 0.15) is 84.9 Å². The molecule has 4 rings (SSSR count). The Balaban J connectivity index is 0.000000762. The maximum atomic E-state index is 4.82. The van der Waals surface area contributed by atoms with Crippen molar-refractivity contribution in [3.05, 3.63) is 77.5 Å². The Morgan fingerprint density at radius 3 is 2.03 bits per heavy atom. The van der Waals surface area contributed by atoms with E-state index in [9.17, 15) is 0 Å². The summed E-state index contributed by atoms with van der Waals surface area (Å²) in [6, 6.07) is 19.1. The second kappa shape index (κ2) is 20.7. The minimum atomic E-state index is 0.840. The monoisotopic (exact) mass is 519 g/mol. The lowest BCUT2D eigenvalue weighted by Crippen LogP contribution is -2.08. The summed E-state index contributed by atoms with van der Waals surface area (Å²) in [5.41, 5.74) is 7.86. The van der Waals surface area contributed by atoms with E-state index in [2.05, 4.69) is 92.0 Å². The van der Waals surface area contributed by atoms with E-state index in [0.29, 0.717) is 0 Å². The van der Waals surface area contributed by atoms with Crippen LogP contribution in [0.25, 0.3) is 16.9 Å². The van der Waals surface area contributed by atoms with Gasteiger partial charge in [0.1, 0.15) is 5.82 Å². The predicted molar refractivity (Wildman–Crippen MR) is 171 cm³/mol. The summed E-state index contributed by atoms with van der Waals surface area (Å²) in [4.78, 5) is 4.82. The van der Waals surface area contributed by atoms with Gasteiger partial charge in [-0.1, -0.05) is 116 Å². The van der Waals surface area contributed by atoms with Gasteiger partial charge in [-0.05, 0) is 37.8 Å². The number of aryl methyl sites for hydroxylation is 3. The van der Waals surface area contributed by atoms with E-state index in [-0.39, 0.29) is 0 Å². The van der Waals surface area contributed by atoms with Crippen molar-refractivity contribution >= 4 is 17.2 Å². The number of nitrogens with one attached hydrogen (secondary N) is 2. The zero-order chi connectivity index (χ0) is 28.9. The molecule has 0 unspecified atom stereocenters. The van der Waals surface area contributed by atoms with Gasteiger partial charge >= 0.3 is 0 Å². The van der Waals surface area contributed by atoms with Crippen molar-refractivity contribution in [2.24, 2.45) is 0 Å². The van der Waals surface area contributed by atoms with Crippen molar-refractivity contribution in [1.82, 2.24) is 14.6 Å². The molecule has 0 aliphatic carbocycles. The highest BCUT2D eigenvalue weighted by molar-refractivity contribution is 5.75. The van der Waals surface area contributed by atoms with Crippen molar-refractivity contribution in [3.63, 3.8) is 0 Å². The van der Waals surface area contributed by atoms with Gasteiger partial charge in [-0.25, -0.2) is 4.98 Å². The van der Waals surface area contributed by atoms with Crippen molar-refractivity contribution < 1.29 is 0 Å². The maximum absolute atomic E-state index is 4.82. The summed E-state index contributed by atoms with van der Waals surface area (Å²) < 4.78 is 1.86. The second-order valence-electron chi connectivity index (χ2n) is 8.00. The molecule has 2 aromatic heterocycles. The molecule has 2 heterocycles. The standard InChI is InChI=1S/C18H23N5.C9H12.3C2H6/c1-4-5-10-20-17-11-15(14-9-7-6-8-13(14)2)22-18-16(19-3)12-21-23(17)18;1-3-9-6-4-8(2)5-7-9;3*1-2/h6-9,11-12,19-20H,4-5,10H2,1-3H3;4-7H,3H2,1-2H3;3*1-2H3. The average molecular weight is 520 g/mol. The first-order valence-corrected chi connectivity index (χ1v) is 14.5. The Kier molecular flexibility index (Phi) is 18.9. The van der Waals surface area contributed by atoms with Gasteiger partial charge < -0.3 is 10.6 Å². The van der Waals surface area contributed by atoms with Gasteiger partial charge in [0.2, 0.25) is 0 Å². The molecule has 5 nitrogen and oxygen atoms in total. The summed E-state index contributed by atoms with van der Waals surface area (Å²) in [5.74, 6) is 0.975. The zero-order valence-electron chi connectivity index (χ0n) is 25.9. The fourth-order valence-corrected chi connectivity index (χ4v) is 3.48. The molecule has 0 saturated heterocycles. The SMILES string of the molecule is CC.CC.CC.CCCCNc1cc(-c2ccccc2C)nc2c(NC)cnn12.CCc1ccc(C)cc1. The summed E-state index contributed by atoms with van der Waals surface area (Å²) in [6.45, 7) is 21.5. The molecule has 5 heteroatoms. The third kappa shape index (κ3) is 10.6. The van der Waals surface area contributed by atoms with Crippen molar-refractivity contribution in [2.75, 3.05) is 24.2 Å². The summed E-state index contributed by atoms with van der Waals surface area (Å²) in [5, 5.41) is 11.1. The fourth-order valence-electron chi connectivity index (χ4n) is 3.48. The summed E-state index contributed by atoms with van der Waals surface area (Å²) in [7, 11) is 1.89. The number of nitrogens with zero attached hydrogens (tertiary/aromatic N) is 3. The van der Waals surface area contributed by atoms with Crippen LogP contribution in [0, 0.1) is 13.8 Å². The molecular weight excluding hydrogens is 466 g/mol. The Bertz CT molecular complexity index is 1130. The number of unbranched alkanes of at least 4 members (excludes halogenated alkanes) is 1. The molecule has 0 aliphatic heterocycles. The molecule has 0 amide bonds.